The molecule has 2 aromatic carbocycles. The summed E-state index contributed by atoms with van der Waals surface area (Å²) in [6.07, 6.45) is 0. The first-order valence-corrected chi connectivity index (χ1v) is 10.5. The fourth-order valence-electron chi connectivity index (χ4n) is 3.73. The number of nitrogens with zero attached hydrogens (tertiary/aromatic N) is 1. The third kappa shape index (κ3) is 2.91. The lowest BCUT2D eigenvalue weighted by atomic mass is 9.80. The van der Waals surface area contributed by atoms with E-state index in [1.165, 1.54) is 11.1 Å². The van der Waals surface area contributed by atoms with Crippen LogP contribution in [0.15, 0.2) is 71.7 Å². The molecule has 0 aliphatic carbocycles. The minimum absolute atomic E-state index is 0.177. The van der Waals surface area contributed by atoms with Gasteiger partial charge >= 0.3 is 7.12 Å². The maximum Gasteiger partial charge on any atom is 0.509 e. The average Bonchev–Trinajstić information content (AvgIpc) is 3.10. The van der Waals surface area contributed by atoms with Gasteiger partial charge in [-0.05, 0) is 44.2 Å². The van der Waals surface area contributed by atoms with Gasteiger partial charge < -0.3 is 19.7 Å². The number of hydrogen-bond acceptors (Lipinski definition) is 5. The lowest BCUT2D eigenvalue weighted by molar-refractivity contribution is -0.0993. The lowest BCUT2D eigenvalue weighted by Gasteiger charge is -2.38. The Bertz CT molecular complexity index is 840. The van der Waals surface area contributed by atoms with Crippen LogP contribution in [0.25, 0.3) is 0 Å². The number of benzene rings is 2. The topological polar surface area (TPSA) is 52.7 Å². The van der Waals surface area contributed by atoms with E-state index in [9.17, 15) is 10.1 Å². The highest BCUT2D eigenvalue weighted by Gasteiger charge is 2.69. The minimum Gasteiger partial charge on any atom is -0.422 e. The molecule has 0 aromatic heterocycles. The Morgan fingerprint density at radius 2 is 1.46 bits per heavy atom. The van der Waals surface area contributed by atoms with E-state index >= 15 is 0 Å². The molecule has 0 bridgehead atoms. The van der Waals surface area contributed by atoms with E-state index in [2.05, 4.69) is 29.2 Å². The van der Waals surface area contributed by atoms with Crippen molar-refractivity contribution in [1.82, 2.24) is 4.90 Å². The van der Waals surface area contributed by atoms with E-state index in [0.717, 1.165) is 5.60 Å². The van der Waals surface area contributed by atoms with Crippen molar-refractivity contribution in [2.45, 2.75) is 49.8 Å². The molecule has 28 heavy (non-hydrogen) atoms. The van der Waals surface area contributed by atoms with Crippen LogP contribution in [0.4, 0.5) is 0 Å². The highest BCUT2D eigenvalue weighted by atomic mass is 32.2. The fourth-order valence-corrected chi connectivity index (χ4v) is 5.16. The zero-order valence-electron chi connectivity index (χ0n) is 16.7. The van der Waals surface area contributed by atoms with E-state index in [1.54, 1.807) is 39.5 Å². The number of aliphatic hydroxyl groups is 1. The van der Waals surface area contributed by atoms with Gasteiger partial charge in [-0.3, -0.25) is 0 Å². The molecule has 0 amide bonds. The maximum atomic E-state index is 10.9. The summed E-state index contributed by atoms with van der Waals surface area (Å²) in [7, 11) is -1.12. The molecule has 0 spiro atoms. The average molecular weight is 395 g/mol. The largest absolute Gasteiger partial charge is 0.509 e. The van der Waals surface area contributed by atoms with Crippen LogP contribution in [0, 0.1) is 0 Å². The molecule has 0 saturated carbocycles. The van der Waals surface area contributed by atoms with Gasteiger partial charge in [0.25, 0.3) is 0 Å². The van der Waals surface area contributed by atoms with E-state index in [0.29, 0.717) is 0 Å². The molecule has 1 saturated heterocycles. The molecule has 2 heterocycles. The van der Waals surface area contributed by atoms with E-state index in [1.807, 2.05) is 41.8 Å². The first-order valence-electron chi connectivity index (χ1n) is 9.54. The second kappa shape index (κ2) is 6.66. The Balaban J connectivity index is 1.68. The number of fused-ring (bicyclic) bond motifs is 1. The quantitative estimate of drug-likeness (QED) is 0.577. The molecular weight excluding hydrogens is 369 g/mol. The van der Waals surface area contributed by atoms with Crippen LogP contribution in [-0.4, -0.2) is 38.7 Å². The highest BCUT2D eigenvalue weighted by Crippen LogP contribution is 2.65. The minimum atomic E-state index is -1.12. The van der Waals surface area contributed by atoms with Crippen molar-refractivity contribution in [1.29, 1.82) is 0 Å². The monoisotopic (exact) mass is 395 g/mol. The SMILES string of the molecule is CC(C)(O)C(C)(C)OB(O)C1=CSC2N1C2(c1ccccc1)c1ccccc1. The Kier molecular flexibility index (Phi) is 4.66. The summed E-state index contributed by atoms with van der Waals surface area (Å²) >= 11 is 1.70. The first kappa shape index (κ1) is 19.6. The van der Waals surface area contributed by atoms with Crippen molar-refractivity contribution in [3.05, 3.63) is 82.8 Å². The number of thioether (sulfide) groups is 1. The molecular formula is C22H26BNO3S. The Morgan fingerprint density at radius 1 is 0.964 bits per heavy atom. The molecule has 2 aliphatic rings. The summed E-state index contributed by atoms with van der Waals surface area (Å²) in [4.78, 5) is 2.23. The van der Waals surface area contributed by atoms with Crippen molar-refractivity contribution in [3.63, 3.8) is 0 Å². The summed E-state index contributed by atoms with van der Waals surface area (Å²) < 4.78 is 5.93. The molecule has 4 nitrogen and oxygen atoms in total. The van der Waals surface area contributed by atoms with Gasteiger partial charge in [0.1, 0.15) is 10.9 Å². The van der Waals surface area contributed by atoms with Crippen LogP contribution in [-0.2, 0) is 10.2 Å². The maximum absolute atomic E-state index is 10.9. The molecule has 2 aromatic rings. The molecule has 2 N–H and O–H groups in total. The van der Waals surface area contributed by atoms with E-state index in [4.69, 9.17) is 4.65 Å². The van der Waals surface area contributed by atoms with Crippen LogP contribution < -0.4 is 0 Å². The van der Waals surface area contributed by atoms with Gasteiger partial charge in [0.15, 0.2) is 0 Å². The van der Waals surface area contributed by atoms with Gasteiger partial charge in [-0.15, -0.1) is 11.8 Å². The van der Waals surface area contributed by atoms with Crippen molar-refractivity contribution in [2.75, 3.05) is 0 Å². The zero-order valence-corrected chi connectivity index (χ0v) is 17.5. The van der Waals surface area contributed by atoms with Gasteiger partial charge in [-0.1, -0.05) is 60.7 Å². The van der Waals surface area contributed by atoms with Crippen LogP contribution in [0.1, 0.15) is 38.8 Å². The normalized spacial score (nSPS) is 20.6. The smallest absolute Gasteiger partial charge is 0.422 e. The fraction of sp³-hybridized carbons (Fsp3) is 0.364. The summed E-state index contributed by atoms with van der Waals surface area (Å²) in [5.74, 6) is 0. The highest BCUT2D eigenvalue weighted by molar-refractivity contribution is 8.03. The molecule has 2 aliphatic heterocycles. The van der Waals surface area contributed by atoms with Crippen LogP contribution in [0.3, 0.4) is 0 Å². The molecule has 0 radical (unpaired) electrons. The Morgan fingerprint density at radius 3 is 1.93 bits per heavy atom. The summed E-state index contributed by atoms with van der Waals surface area (Å²) in [5, 5.41) is 23.5. The van der Waals surface area contributed by atoms with Crippen molar-refractivity contribution in [2.24, 2.45) is 0 Å². The molecule has 6 heteroatoms. The molecule has 1 fully saturated rings. The third-order valence-corrected chi connectivity index (χ3v) is 7.25. The number of hydrogen-bond donors (Lipinski definition) is 2. The second-order valence-electron chi connectivity index (χ2n) is 8.44. The van der Waals surface area contributed by atoms with Gasteiger partial charge in [0.05, 0.1) is 16.8 Å². The lowest BCUT2D eigenvalue weighted by Crippen LogP contribution is -2.51. The first-order chi connectivity index (χ1) is 13.2. The predicted molar refractivity (Wildman–Crippen MR) is 114 cm³/mol. The van der Waals surface area contributed by atoms with Crippen molar-refractivity contribution in [3.8, 4) is 0 Å². The Hall–Kier alpha value is -1.73. The van der Waals surface area contributed by atoms with Gasteiger partial charge in [-0.2, -0.15) is 0 Å². The zero-order chi connectivity index (χ0) is 20.2. The van der Waals surface area contributed by atoms with Crippen molar-refractivity contribution >= 4 is 18.9 Å². The van der Waals surface area contributed by atoms with Gasteiger partial charge in [-0.25, -0.2) is 0 Å². The molecule has 1 atom stereocenters. The molecule has 1 unspecified atom stereocenters. The van der Waals surface area contributed by atoms with Crippen LogP contribution >= 0.6 is 11.8 Å². The van der Waals surface area contributed by atoms with Crippen molar-refractivity contribution < 1.29 is 14.8 Å². The standard InChI is InChI=1S/C22H26BNO3S/c1-20(2,25)21(3,4)27-23(26)18-15-28-19-22(24(18)19,16-11-7-5-8-12-16)17-13-9-6-10-14-17/h5-15,19,25-26H,1-4H3. The van der Waals surface area contributed by atoms with Gasteiger partial charge in [0.2, 0.25) is 0 Å². The van der Waals surface area contributed by atoms with E-state index < -0.39 is 18.3 Å². The summed E-state index contributed by atoms with van der Waals surface area (Å²) in [5.41, 5.74) is 0.805. The van der Waals surface area contributed by atoms with Crippen LogP contribution in [0.2, 0.25) is 0 Å². The second-order valence-corrected chi connectivity index (χ2v) is 9.39. The number of rotatable bonds is 6. The predicted octanol–water partition coefficient (Wildman–Crippen LogP) is 3.75. The van der Waals surface area contributed by atoms with Gasteiger partial charge in [0, 0.05) is 0 Å². The Labute approximate surface area is 171 Å². The van der Waals surface area contributed by atoms with E-state index in [-0.39, 0.29) is 10.9 Å². The summed E-state index contributed by atoms with van der Waals surface area (Å²) in [6.45, 7) is 6.96. The van der Waals surface area contributed by atoms with Crippen LogP contribution in [0.5, 0.6) is 0 Å². The molecule has 4 rings (SSSR count). The molecule has 146 valence electrons. The summed E-state index contributed by atoms with van der Waals surface area (Å²) in [6, 6.07) is 20.8. The third-order valence-electron chi connectivity index (χ3n) is 6.06.